The zero-order valence-corrected chi connectivity index (χ0v) is 22.1. The van der Waals surface area contributed by atoms with Crippen LogP contribution in [0, 0.1) is 5.92 Å². The zero-order chi connectivity index (χ0) is 26.0. The lowest BCUT2D eigenvalue weighted by Gasteiger charge is -2.26. The van der Waals surface area contributed by atoms with Gasteiger partial charge in [0.1, 0.15) is 6.04 Å². The van der Waals surface area contributed by atoms with Crippen LogP contribution in [-0.2, 0) is 20.7 Å². The number of anilines is 1. The molecule has 0 fully saturated rings. The number of carbonyl (C=O) groups is 4. The second kappa shape index (κ2) is 11.2. The highest BCUT2D eigenvalue weighted by Crippen LogP contribution is 2.45. The number of imide groups is 1. The van der Waals surface area contributed by atoms with Crippen LogP contribution in [0.2, 0.25) is 20.1 Å². The van der Waals surface area contributed by atoms with Gasteiger partial charge in [0, 0.05) is 5.69 Å². The fourth-order valence-electron chi connectivity index (χ4n) is 3.66. The lowest BCUT2D eigenvalue weighted by molar-refractivity contribution is -0.151. The normalized spacial score (nSPS) is 13.8. The van der Waals surface area contributed by atoms with Gasteiger partial charge in [-0.1, -0.05) is 79.3 Å². The number of benzene rings is 2. The summed E-state index contributed by atoms with van der Waals surface area (Å²) in [7, 11) is 0. The smallest absolute Gasteiger partial charge is 0.329 e. The van der Waals surface area contributed by atoms with E-state index in [1.54, 1.807) is 26.0 Å². The number of halogens is 4. The summed E-state index contributed by atoms with van der Waals surface area (Å²) in [5.41, 5.74) is 1.19. The van der Waals surface area contributed by atoms with Crippen molar-refractivity contribution in [2.45, 2.75) is 39.7 Å². The summed E-state index contributed by atoms with van der Waals surface area (Å²) in [5.74, 6) is -3.30. The molecule has 0 saturated carbocycles. The van der Waals surface area contributed by atoms with Gasteiger partial charge in [0.2, 0.25) is 0 Å². The minimum Gasteiger partial charge on any atom is -0.454 e. The van der Waals surface area contributed by atoms with Crippen molar-refractivity contribution in [3.05, 3.63) is 61.0 Å². The minimum atomic E-state index is -1.32. The lowest BCUT2D eigenvalue weighted by Crippen LogP contribution is -2.47. The van der Waals surface area contributed by atoms with Crippen molar-refractivity contribution >= 4 is 75.8 Å². The van der Waals surface area contributed by atoms with Crippen LogP contribution in [-0.4, -0.2) is 41.2 Å². The standard InChI is InChI=1S/C24H22Cl4N2O5/c1-4-12-5-7-13(8-6-12)29-15(31)10-35-24(34)14(9-11(2)3)30-22(32)16-17(23(30)33)19(26)21(28)20(27)18(16)25/h5-8,11,14H,4,9-10H2,1-3H3,(H,29,31)/t14-/m1/s1. The third kappa shape index (κ3) is 5.59. The predicted octanol–water partition coefficient (Wildman–Crippen LogP) is 6.06. The number of esters is 1. The van der Waals surface area contributed by atoms with Gasteiger partial charge in [-0.05, 0) is 36.5 Å². The van der Waals surface area contributed by atoms with E-state index in [9.17, 15) is 19.2 Å². The van der Waals surface area contributed by atoms with Gasteiger partial charge in [0.05, 0.1) is 31.2 Å². The van der Waals surface area contributed by atoms with Crippen LogP contribution in [0.15, 0.2) is 24.3 Å². The molecule has 186 valence electrons. The monoisotopic (exact) mass is 558 g/mol. The Bertz CT molecular complexity index is 1150. The van der Waals surface area contributed by atoms with E-state index in [1.165, 1.54) is 0 Å². The third-order valence-corrected chi connectivity index (χ3v) is 7.20. The van der Waals surface area contributed by atoms with Crippen LogP contribution in [0.4, 0.5) is 5.69 Å². The molecule has 1 atom stereocenters. The summed E-state index contributed by atoms with van der Waals surface area (Å²) in [6.45, 7) is 5.02. The number of carbonyl (C=O) groups excluding carboxylic acids is 4. The van der Waals surface area contributed by atoms with E-state index in [1.807, 2.05) is 19.1 Å². The Hall–Kier alpha value is -2.32. The summed E-state index contributed by atoms with van der Waals surface area (Å²) in [5, 5.41) is 1.81. The van der Waals surface area contributed by atoms with E-state index >= 15 is 0 Å². The predicted molar refractivity (Wildman–Crippen MR) is 136 cm³/mol. The molecule has 3 rings (SSSR count). The maximum Gasteiger partial charge on any atom is 0.329 e. The number of rotatable bonds is 8. The number of nitrogens with zero attached hydrogens (tertiary/aromatic N) is 1. The van der Waals surface area contributed by atoms with Crippen molar-refractivity contribution in [2.75, 3.05) is 11.9 Å². The van der Waals surface area contributed by atoms with Crippen molar-refractivity contribution < 1.29 is 23.9 Å². The van der Waals surface area contributed by atoms with Gasteiger partial charge < -0.3 is 10.1 Å². The molecular formula is C24H22Cl4N2O5. The maximum atomic E-state index is 13.2. The molecule has 1 N–H and O–H groups in total. The Balaban J connectivity index is 1.79. The molecule has 1 heterocycles. The maximum absolute atomic E-state index is 13.2. The van der Waals surface area contributed by atoms with Crippen molar-refractivity contribution in [3.8, 4) is 0 Å². The highest BCUT2D eigenvalue weighted by atomic mass is 35.5. The molecule has 2 aromatic carbocycles. The molecule has 3 amide bonds. The molecular weight excluding hydrogens is 538 g/mol. The molecule has 2 aromatic rings. The van der Waals surface area contributed by atoms with Crippen LogP contribution in [0.5, 0.6) is 0 Å². The van der Waals surface area contributed by atoms with E-state index in [4.69, 9.17) is 51.1 Å². The quantitative estimate of drug-likeness (QED) is 0.184. The van der Waals surface area contributed by atoms with Crippen molar-refractivity contribution in [1.29, 1.82) is 0 Å². The van der Waals surface area contributed by atoms with Gasteiger partial charge in [0.15, 0.2) is 6.61 Å². The fourth-order valence-corrected chi connectivity index (χ4v) is 4.67. The number of nitrogens with one attached hydrogen (secondary N) is 1. The largest absolute Gasteiger partial charge is 0.454 e. The first-order chi connectivity index (χ1) is 16.5. The second-order valence-electron chi connectivity index (χ2n) is 8.34. The molecule has 1 aliphatic heterocycles. The Kier molecular flexibility index (Phi) is 8.70. The van der Waals surface area contributed by atoms with Gasteiger partial charge in [-0.25, -0.2) is 4.79 Å². The lowest BCUT2D eigenvalue weighted by atomic mass is 10.0. The first-order valence-corrected chi connectivity index (χ1v) is 12.3. The van der Waals surface area contributed by atoms with Crippen LogP contribution < -0.4 is 5.32 Å². The third-order valence-electron chi connectivity index (χ3n) is 5.40. The van der Waals surface area contributed by atoms with Crippen LogP contribution in [0.25, 0.3) is 0 Å². The zero-order valence-electron chi connectivity index (χ0n) is 19.1. The summed E-state index contributed by atoms with van der Waals surface area (Å²) in [6, 6.07) is 5.91. The van der Waals surface area contributed by atoms with Gasteiger partial charge >= 0.3 is 5.97 Å². The van der Waals surface area contributed by atoms with Crippen LogP contribution in [0.3, 0.4) is 0 Å². The van der Waals surface area contributed by atoms with E-state index < -0.39 is 36.3 Å². The molecule has 1 aliphatic rings. The number of hydrogen-bond acceptors (Lipinski definition) is 5. The van der Waals surface area contributed by atoms with E-state index in [2.05, 4.69) is 5.32 Å². The SMILES string of the molecule is CCc1ccc(NC(=O)COC(=O)[C@@H](CC(C)C)N2C(=O)c3c(Cl)c(Cl)c(Cl)c(Cl)c3C2=O)cc1. The molecule has 0 bridgehead atoms. The number of ether oxygens (including phenoxy) is 1. The number of hydrogen-bond donors (Lipinski definition) is 1. The Morgan fingerprint density at radius 1 is 0.914 bits per heavy atom. The first-order valence-electron chi connectivity index (χ1n) is 10.8. The molecule has 0 saturated heterocycles. The van der Waals surface area contributed by atoms with E-state index in [-0.39, 0.29) is 43.6 Å². The average molecular weight is 560 g/mol. The number of amides is 3. The minimum absolute atomic E-state index is 0.0844. The second-order valence-corrected chi connectivity index (χ2v) is 9.85. The van der Waals surface area contributed by atoms with Crippen LogP contribution in [0.1, 0.15) is 53.5 Å². The summed E-state index contributed by atoms with van der Waals surface area (Å²) < 4.78 is 5.18. The highest BCUT2D eigenvalue weighted by molar-refractivity contribution is 6.55. The van der Waals surface area contributed by atoms with Gasteiger partial charge in [-0.3, -0.25) is 19.3 Å². The van der Waals surface area contributed by atoms with Gasteiger partial charge in [0.25, 0.3) is 17.7 Å². The summed E-state index contributed by atoms with van der Waals surface area (Å²) in [4.78, 5) is 52.4. The number of aryl methyl sites for hydroxylation is 1. The summed E-state index contributed by atoms with van der Waals surface area (Å²) >= 11 is 24.5. The summed E-state index contributed by atoms with van der Waals surface area (Å²) in [6.07, 6.45) is 0.941. The van der Waals surface area contributed by atoms with Gasteiger partial charge in [-0.2, -0.15) is 0 Å². The van der Waals surface area contributed by atoms with Gasteiger partial charge in [-0.15, -0.1) is 0 Å². The topological polar surface area (TPSA) is 92.8 Å². The van der Waals surface area contributed by atoms with Crippen molar-refractivity contribution in [3.63, 3.8) is 0 Å². The molecule has 0 aliphatic carbocycles. The first kappa shape index (κ1) is 27.3. The molecule has 0 radical (unpaired) electrons. The Morgan fingerprint density at radius 2 is 1.43 bits per heavy atom. The molecule has 7 nitrogen and oxygen atoms in total. The molecule has 0 spiro atoms. The van der Waals surface area contributed by atoms with E-state index in [0.29, 0.717) is 5.69 Å². The fraction of sp³-hybridized carbons (Fsp3) is 0.333. The molecule has 0 unspecified atom stereocenters. The van der Waals surface area contributed by atoms with Crippen molar-refractivity contribution in [1.82, 2.24) is 4.90 Å². The van der Waals surface area contributed by atoms with E-state index in [0.717, 1.165) is 16.9 Å². The van der Waals surface area contributed by atoms with Crippen molar-refractivity contribution in [2.24, 2.45) is 5.92 Å². The Labute approximate surface area is 222 Å². The average Bonchev–Trinajstić information content (AvgIpc) is 3.08. The van der Waals surface area contributed by atoms with Crippen LogP contribution >= 0.6 is 46.4 Å². The molecule has 0 aromatic heterocycles. The highest BCUT2D eigenvalue weighted by Gasteiger charge is 2.47. The molecule has 11 heteroatoms. The number of fused-ring (bicyclic) bond motifs is 1. The molecule has 35 heavy (non-hydrogen) atoms. The Morgan fingerprint density at radius 3 is 1.89 bits per heavy atom.